The number of aryl methyl sites for hydroxylation is 2. The second-order valence-corrected chi connectivity index (χ2v) is 3.46. The Bertz CT molecular complexity index is 476. The molecule has 15 heavy (non-hydrogen) atoms. The fourth-order valence-electron chi connectivity index (χ4n) is 1.36. The molecule has 0 atom stereocenters. The minimum Gasteiger partial charge on any atom is -0.398 e. The van der Waals surface area contributed by atoms with Gasteiger partial charge in [0.15, 0.2) is 5.82 Å². The van der Waals surface area contributed by atoms with Crippen molar-refractivity contribution < 1.29 is 4.52 Å². The lowest BCUT2D eigenvalue weighted by atomic mass is 10.1. The number of rotatable bonds is 2. The molecule has 0 saturated carbocycles. The van der Waals surface area contributed by atoms with Crippen molar-refractivity contribution in [3.8, 4) is 11.5 Å². The molecule has 4 heteroatoms. The highest BCUT2D eigenvalue weighted by Crippen LogP contribution is 2.25. The van der Waals surface area contributed by atoms with Crippen LogP contribution in [0.2, 0.25) is 0 Å². The molecule has 0 saturated heterocycles. The summed E-state index contributed by atoms with van der Waals surface area (Å²) in [4.78, 5) is 4.24. The molecule has 0 fully saturated rings. The van der Waals surface area contributed by atoms with E-state index in [0.717, 1.165) is 17.5 Å². The molecule has 0 amide bonds. The van der Waals surface area contributed by atoms with E-state index in [9.17, 15) is 0 Å². The van der Waals surface area contributed by atoms with Crippen molar-refractivity contribution in [3.05, 3.63) is 29.6 Å². The zero-order valence-corrected chi connectivity index (χ0v) is 8.82. The normalized spacial score (nSPS) is 10.5. The number of hydrogen-bond acceptors (Lipinski definition) is 4. The van der Waals surface area contributed by atoms with Gasteiger partial charge in [-0.1, -0.05) is 23.7 Å². The first-order chi connectivity index (χ1) is 7.20. The van der Waals surface area contributed by atoms with Gasteiger partial charge in [-0.05, 0) is 19.1 Å². The van der Waals surface area contributed by atoms with Gasteiger partial charge in [-0.3, -0.25) is 0 Å². The molecule has 0 unspecified atom stereocenters. The van der Waals surface area contributed by atoms with E-state index >= 15 is 0 Å². The van der Waals surface area contributed by atoms with Crippen LogP contribution in [0.3, 0.4) is 0 Å². The summed E-state index contributed by atoms with van der Waals surface area (Å²) in [7, 11) is 0. The molecular weight excluding hydrogens is 190 g/mol. The lowest BCUT2D eigenvalue weighted by Gasteiger charge is -2.01. The van der Waals surface area contributed by atoms with Crippen LogP contribution in [0.5, 0.6) is 0 Å². The second-order valence-electron chi connectivity index (χ2n) is 3.46. The van der Waals surface area contributed by atoms with E-state index in [1.54, 1.807) is 0 Å². The number of benzene rings is 1. The van der Waals surface area contributed by atoms with Crippen LogP contribution in [0.15, 0.2) is 22.7 Å². The Labute approximate surface area is 88.1 Å². The van der Waals surface area contributed by atoms with Crippen molar-refractivity contribution >= 4 is 5.69 Å². The van der Waals surface area contributed by atoms with Gasteiger partial charge in [-0.25, -0.2) is 0 Å². The maximum Gasteiger partial charge on any atom is 0.260 e. The molecule has 4 nitrogen and oxygen atoms in total. The Hall–Kier alpha value is -1.84. The molecule has 1 aromatic carbocycles. The summed E-state index contributed by atoms with van der Waals surface area (Å²) in [6.07, 6.45) is 0.759. The van der Waals surface area contributed by atoms with E-state index in [4.69, 9.17) is 10.3 Å². The lowest BCUT2D eigenvalue weighted by molar-refractivity contribution is 0.423. The molecule has 78 valence electrons. The molecule has 0 bridgehead atoms. The predicted molar refractivity (Wildman–Crippen MR) is 58.3 cm³/mol. The zero-order chi connectivity index (χ0) is 10.8. The number of anilines is 1. The average Bonchev–Trinajstić information content (AvgIpc) is 2.70. The first kappa shape index (κ1) is 9.71. The van der Waals surface area contributed by atoms with Gasteiger partial charge < -0.3 is 10.3 Å². The van der Waals surface area contributed by atoms with Crippen molar-refractivity contribution in [1.82, 2.24) is 10.1 Å². The van der Waals surface area contributed by atoms with E-state index in [0.29, 0.717) is 17.4 Å². The molecule has 0 aliphatic heterocycles. The number of nitrogen functional groups attached to an aromatic ring is 1. The third-order valence-corrected chi connectivity index (χ3v) is 2.22. The van der Waals surface area contributed by atoms with Crippen LogP contribution in [0.25, 0.3) is 11.5 Å². The Morgan fingerprint density at radius 1 is 1.40 bits per heavy atom. The largest absolute Gasteiger partial charge is 0.398 e. The van der Waals surface area contributed by atoms with E-state index in [-0.39, 0.29) is 0 Å². The van der Waals surface area contributed by atoms with E-state index in [2.05, 4.69) is 10.1 Å². The Balaban J connectivity index is 2.48. The summed E-state index contributed by atoms with van der Waals surface area (Å²) < 4.78 is 5.14. The SMILES string of the molecule is CCc1noc(-c2cc(C)ccc2N)n1. The first-order valence-corrected chi connectivity index (χ1v) is 4.89. The Morgan fingerprint density at radius 2 is 2.20 bits per heavy atom. The molecule has 1 heterocycles. The number of nitrogens with two attached hydrogens (primary N) is 1. The quantitative estimate of drug-likeness (QED) is 0.760. The molecule has 0 radical (unpaired) electrons. The number of aromatic nitrogens is 2. The highest BCUT2D eigenvalue weighted by atomic mass is 16.5. The van der Waals surface area contributed by atoms with Crippen LogP contribution in [-0.4, -0.2) is 10.1 Å². The maximum atomic E-state index is 5.84. The molecule has 0 aliphatic rings. The Morgan fingerprint density at radius 3 is 2.87 bits per heavy atom. The zero-order valence-electron chi connectivity index (χ0n) is 8.82. The minimum atomic E-state index is 0.494. The highest BCUT2D eigenvalue weighted by molar-refractivity contribution is 5.70. The fourth-order valence-corrected chi connectivity index (χ4v) is 1.36. The smallest absolute Gasteiger partial charge is 0.260 e. The van der Waals surface area contributed by atoms with Gasteiger partial charge in [0.25, 0.3) is 5.89 Å². The summed E-state index contributed by atoms with van der Waals surface area (Å²) >= 11 is 0. The lowest BCUT2D eigenvalue weighted by Crippen LogP contribution is -1.91. The van der Waals surface area contributed by atoms with Crippen LogP contribution in [0.1, 0.15) is 18.3 Å². The van der Waals surface area contributed by atoms with Gasteiger partial charge in [0.2, 0.25) is 0 Å². The highest BCUT2D eigenvalue weighted by Gasteiger charge is 2.10. The molecule has 0 spiro atoms. The first-order valence-electron chi connectivity index (χ1n) is 4.89. The topological polar surface area (TPSA) is 64.9 Å². The van der Waals surface area contributed by atoms with Crippen molar-refractivity contribution in [2.45, 2.75) is 20.3 Å². The van der Waals surface area contributed by atoms with E-state index in [1.165, 1.54) is 0 Å². The molecule has 2 rings (SSSR count). The second kappa shape index (κ2) is 3.73. The molecular formula is C11H13N3O. The van der Waals surface area contributed by atoms with Crippen molar-refractivity contribution in [1.29, 1.82) is 0 Å². The van der Waals surface area contributed by atoms with Crippen LogP contribution in [0.4, 0.5) is 5.69 Å². The van der Waals surface area contributed by atoms with Gasteiger partial charge in [-0.2, -0.15) is 4.98 Å². The van der Waals surface area contributed by atoms with Crippen LogP contribution >= 0.6 is 0 Å². The molecule has 2 N–H and O–H groups in total. The number of nitrogens with zero attached hydrogens (tertiary/aromatic N) is 2. The van der Waals surface area contributed by atoms with Gasteiger partial charge >= 0.3 is 0 Å². The van der Waals surface area contributed by atoms with Gasteiger partial charge in [0.1, 0.15) is 0 Å². The standard InChI is InChI=1S/C11H13N3O/c1-3-10-13-11(15-14-10)8-6-7(2)4-5-9(8)12/h4-6H,3,12H2,1-2H3. The van der Waals surface area contributed by atoms with Crippen LogP contribution in [0, 0.1) is 6.92 Å². The summed E-state index contributed by atoms with van der Waals surface area (Å²) in [6, 6.07) is 5.75. The van der Waals surface area contributed by atoms with Crippen molar-refractivity contribution in [2.75, 3.05) is 5.73 Å². The maximum absolute atomic E-state index is 5.84. The molecule has 1 aromatic heterocycles. The summed E-state index contributed by atoms with van der Waals surface area (Å²) in [6.45, 7) is 3.98. The minimum absolute atomic E-state index is 0.494. The van der Waals surface area contributed by atoms with Gasteiger partial charge in [0, 0.05) is 12.1 Å². The van der Waals surface area contributed by atoms with E-state index in [1.807, 2.05) is 32.0 Å². The van der Waals surface area contributed by atoms with Gasteiger partial charge in [-0.15, -0.1) is 0 Å². The molecule has 0 aliphatic carbocycles. The van der Waals surface area contributed by atoms with Crippen LogP contribution < -0.4 is 5.73 Å². The summed E-state index contributed by atoms with van der Waals surface area (Å²) in [5.74, 6) is 1.19. The predicted octanol–water partition coefficient (Wildman–Crippen LogP) is 2.19. The van der Waals surface area contributed by atoms with Crippen molar-refractivity contribution in [2.24, 2.45) is 0 Å². The third-order valence-electron chi connectivity index (χ3n) is 2.22. The Kier molecular flexibility index (Phi) is 2.41. The van der Waals surface area contributed by atoms with Gasteiger partial charge in [0.05, 0.1) is 5.56 Å². The molecule has 2 aromatic rings. The average molecular weight is 203 g/mol. The van der Waals surface area contributed by atoms with E-state index < -0.39 is 0 Å². The fraction of sp³-hybridized carbons (Fsp3) is 0.273. The van der Waals surface area contributed by atoms with Crippen LogP contribution in [-0.2, 0) is 6.42 Å². The summed E-state index contributed by atoms with van der Waals surface area (Å²) in [5.41, 5.74) is 8.43. The third kappa shape index (κ3) is 1.83. The summed E-state index contributed by atoms with van der Waals surface area (Å²) in [5, 5.41) is 3.84. The number of hydrogen-bond donors (Lipinski definition) is 1. The monoisotopic (exact) mass is 203 g/mol. The van der Waals surface area contributed by atoms with Crippen molar-refractivity contribution in [3.63, 3.8) is 0 Å².